The molecule has 0 atom stereocenters. The second-order valence-corrected chi connectivity index (χ2v) is 7.74. The molecule has 0 N–H and O–H groups in total. The Bertz CT molecular complexity index is 1230. The molecule has 138 valence electrons. The molecule has 0 saturated heterocycles. The summed E-state index contributed by atoms with van der Waals surface area (Å²) < 4.78 is 35.2. The van der Waals surface area contributed by atoms with Crippen molar-refractivity contribution in [3.05, 3.63) is 69.0 Å². The Kier molecular flexibility index (Phi) is 5.22. The van der Waals surface area contributed by atoms with Gasteiger partial charge in [0.2, 0.25) is 0 Å². The Labute approximate surface area is 160 Å². The van der Waals surface area contributed by atoms with Gasteiger partial charge in [0.25, 0.3) is 0 Å². The summed E-state index contributed by atoms with van der Waals surface area (Å²) in [4.78, 5) is 11.5. The van der Waals surface area contributed by atoms with Crippen molar-refractivity contribution in [2.24, 2.45) is 0 Å². The molecule has 0 aliphatic heterocycles. The molecule has 0 aliphatic carbocycles. The summed E-state index contributed by atoms with van der Waals surface area (Å²) in [6.45, 7) is 1.99. The van der Waals surface area contributed by atoms with Gasteiger partial charge in [-0.3, -0.25) is 0 Å². The fourth-order valence-corrected chi connectivity index (χ4v) is 3.89. The molecule has 6 nitrogen and oxygen atoms in total. The number of nitriles is 1. The zero-order valence-corrected chi connectivity index (χ0v) is 15.8. The van der Waals surface area contributed by atoms with Crippen molar-refractivity contribution in [2.75, 3.05) is 0 Å². The number of nitrogens with zero attached hydrogens (tertiary/aromatic N) is 1. The molecule has 2 aromatic carbocycles. The highest BCUT2D eigenvalue weighted by atomic mass is 35.5. The zero-order valence-electron chi connectivity index (χ0n) is 14.2. The normalized spacial score (nSPS) is 11.3. The van der Waals surface area contributed by atoms with Gasteiger partial charge in [0.15, 0.2) is 0 Å². The van der Waals surface area contributed by atoms with E-state index in [0.29, 0.717) is 6.42 Å². The maximum absolute atomic E-state index is 12.5. The third-order valence-corrected chi connectivity index (χ3v) is 5.43. The average Bonchev–Trinajstić information content (AvgIpc) is 2.61. The molecule has 0 unspecified atom stereocenters. The molecule has 0 fully saturated rings. The van der Waals surface area contributed by atoms with Crippen molar-refractivity contribution in [3.8, 4) is 11.8 Å². The van der Waals surface area contributed by atoms with Crippen LogP contribution in [0.4, 0.5) is 0 Å². The van der Waals surface area contributed by atoms with Crippen LogP contribution < -0.4 is 9.81 Å². The summed E-state index contributed by atoms with van der Waals surface area (Å²) in [7, 11) is -4.17. The standard InChI is InChI=1S/C19H14ClNO5S/c1-2-3-12-8-19(22)25-18-9-14(5-7-16(12)18)26-27(23,24)15-6-4-13(11-21)17(20)10-15/h4-10H,2-3H2,1H3. The molecule has 3 rings (SSSR count). The number of fused-ring (bicyclic) bond motifs is 1. The van der Waals surface area contributed by atoms with Gasteiger partial charge in [-0.2, -0.15) is 13.7 Å². The first-order valence-electron chi connectivity index (χ1n) is 8.05. The summed E-state index contributed by atoms with van der Waals surface area (Å²) in [6, 6.07) is 11.5. The lowest BCUT2D eigenvalue weighted by Gasteiger charge is -2.09. The van der Waals surface area contributed by atoms with Crippen LogP contribution in [0.15, 0.2) is 56.6 Å². The molecule has 1 aromatic heterocycles. The SMILES string of the molecule is CCCc1cc(=O)oc2cc(OS(=O)(=O)c3ccc(C#N)c(Cl)c3)ccc12. The fraction of sp³-hybridized carbons (Fsp3) is 0.158. The van der Waals surface area contributed by atoms with E-state index in [1.54, 1.807) is 6.07 Å². The first kappa shape index (κ1) is 19.0. The summed E-state index contributed by atoms with van der Waals surface area (Å²) in [5.41, 5.74) is 0.727. The van der Waals surface area contributed by atoms with Crippen LogP contribution >= 0.6 is 11.6 Å². The van der Waals surface area contributed by atoms with Crippen LogP contribution in [0.25, 0.3) is 11.0 Å². The second-order valence-electron chi connectivity index (χ2n) is 5.79. The highest BCUT2D eigenvalue weighted by molar-refractivity contribution is 7.87. The maximum Gasteiger partial charge on any atom is 0.339 e. The van der Waals surface area contributed by atoms with Gasteiger partial charge in [0, 0.05) is 17.5 Å². The lowest BCUT2D eigenvalue weighted by molar-refractivity contribution is 0.485. The number of aryl methyl sites for hydroxylation is 1. The van der Waals surface area contributed by atoms with Crippen molar-refractivity contribution in [2.45, 2.75) is 24.7 Å². The van der Waals surface area contributed by atoms with Crippen LogP contribution in [0, 0.1) is 11.3 Å². The molecule has 0 bridgehead atoms. The highest BCUT2D eigenvalue weighted by Crippen LogP contribution is 2.27. The molecule has 0 saturated carbocycles. The van der Waals surface area contributed by atoms with Gasteiger partial charge >= 0.3 is 15.7 Å². The van der Waals surface area contributed by atoms with Crippen molar-refractivity contribution in [1.29, 1.82) is 5.26 Å². The number of rotatable bonds is 5. The smallest absolute Gasteiger partial charge is 0.339 e. The van der Waals surface area contributed by atoms with E-state index in [1.165, 1.54) is 30.3 Å². The molecule has 8 heteroatoms. The van der Waals surface area contributed by atoms with E-state index in [1.807, 2.05) is 13.0 Å². The van der Waals surface area contributed by atoms with Crippen molar-refractivity contribution in [3.63, 3.8) is 0 Å². The van der Waals surface area contributed by atoms with E-state index < -0.39 is 15.7 Å². The summed E-state index contributed by atoms with van der Waals surface area (Å²) >= 11 is 5.89. The number of benzene rings is 2. The topological polar surface area (TPSA) is 97.4 Å². The van der Waals surface area contributed by atoms with Gasteiger partial charge in [-0.05, 0) is 42.3 Å². The quantitative estimate of drug-likeness (QED) is 0.471. The Morgan fingerprint density at radius 1 is 1.19 bits per heavy atom. The third-order valence-electron chi connectivity index (χ3n) is 3.88. The van der Waals surface area contributed by atoms with Crippen LogP contribution in [-0.4, -0.2) is 8.42 Å². The van der Waals surface area contributed by atoms with Crippen molar-refractivity contribution < 1.29 is 17.0 Å². The number of halogens is 1. The Morgan fingerprint density at radius 3 is 2.63 bits per heavy atom. The monoisotopic (exact) mass is 403 g/mol. The number of hydrogen-bond acceptors (Lipinski definition) is 6. The van der Waals surface area contributed by atoms with Gasteiger partial charge in [0.05, 0.1) is 10.6 Å². The largest absolute Gasteiger partial charge is 0.423 e. The van der Waals surface area contributed by atoms with Crippen LogP contribution in [0.1, 0.15) is 24.5 Å². The minimum atomic E-state index is -4.17. The highest BCUT2D eigenvalue weighted by Gasteiger charge is 2.19. The first-order valence-corrected chi connectivity index (χ1v) is 9.83. The second kappa shape index (κ2) is 7.43. The van der Waals surface area contributed by atoms with E-state index in [9.17, 15) is 13.2 Å². The van der Waals surface area contributed by atoms with Gasteiger partial charge in [-0.1, -0.05) is 24.9 Å². The number of hydrogen-bond donors (Lipinski definition) is 0. The van der Waals surface area contributed by atoms with Gasteiger partial charge in [-0.15, -0.1) is 0 Å². The fourth-order valence-electron chi connectivity index (χ4n) is 2.66. The van der Waals surface area contributed by atoms with E-state index in [4.69, 9.17) is 25.5 Å². The van der Waals surface area contributed by atoms with E-state index >= 15 is 0 Å². The zero-order chi connectivity index (χ0) is 19.6. The molecule has 0 aliphatic rings. The minimum absolute atomic E-state index is 0.000203. The Morgan fingerprint density at radius 2 is 1.96 bits per heavy atom. The van der Waals surface area contributed by atoms with Gasteiger partial charge < -0.3 is 8.60 Å². The van der Waals surface area contributed by atoms with Crippen molar-refractivity contribution >= 4 is 32.7 Å². The van der Waals surface area contributed by atoms with Crippen LogP contribution in [0.5, 0.6) is 5.75 Å². The Hall–Kier alpha value is -2.82. The summed E-state index contributed by atoms with van der Waals surface area (Å²) in [5, 5.41) is 9.61. The first-order chi connectivity index (χ1) is 12.8. The molecular formula is C19H14ClNO5S. The molecule has 1 heterocycles. The molecule has 0 amide bonds. The van der Waals surface area contributed by atoms with Gasteiger partial charge in [0.1, 0.15) is 22.3 Å². The predicted octanol–water partition coefficient (Wildman–Crippen LogP) is 4.04. The van der Waals surface area contributed by atoms with Crippen LogP contribution in [0.3, 0.4) is 0 Å². The third kappa shape index (κ3) is 3.97. The molecular weight excluding hydrogens is 390 g/mol. The van der Waals surface area contributed by atoms with Gasteiger partial charge in [-0.25, -0.2) is 4.79 Å². The Balaban J connectivity index is 2.00. The molecule has 27 heavy (non-hydrogen) atoms. The minimum Gasteiger partial charge on any atom is -0.423 e. The lowest BCUT2D eigenvalue weighted by atomic mass is 10.1. The van der Waals surface area contributed by atoms with Crippen molar-refractivity contribution in [1.82, 2.24) is 0 Å². The summed E-state index contributed by atoms with van der Waals surface area (Å²) in [5.74, 6) is -0.000203. The van der Waals surface area contributed by atoms with Crippen LogP contribution in [-0.2, 0) is 16.5 Å². The van der Waals surface area contributed by atoms with Crippen LogP contribution in [0.2, 0.25) is 5.02 Å². The summed E-state index contributed by atoms with van der Waals surface area (Å²) in [6.07, 6.45) is 1.55. The molecule has 3 aromatic rings. The van der Waals surface area contributed by atoms with E-state index in [0.717, 1.165) is 23.4 Å². The van der Waals surface area contributed by atoms with E-state index in [-0.39, 0.29) is 26.8 Å². The lowest BCUT2D eigenvalue weighted by Crippen LogP contribution is -2.10. The molecule has 0 radical (unpaired) electrons. The maximum atomic E-state index is 12.5. The van der Waals surface area contributed by atoms with E-state index in [2.05, 4.69) is 0 Å². The molecule has 0 spiro atoms. The average molecular weight is 404 g/mol. The predicted molar refractivity (Wildman–Crippen MR) is 100 cm³/mol.